The third-order valence-corrected chi connectivity index (χ3v) is 3.44. The first-order chi connectivity index (χ1) is 9.06. The third kappa shape index (κ3) is 5.42. The Morgan fingerprint density at radius 1 is 1.42 bits per heavy atom. The van der Waals surface area contributed by atoms with E-state index in [2.05, 4.69) is 17.1 Å². The highest BCUT2D eigenvalue weighted by molar-refractivity contribution is 5.87. The van der Waals surface area contributed by atoms with E-state index < -0.39 is 0 Å². The average molecular weight is 267 g/mol. The Morgan fingerprint density at radius 2 is 2.16 bits per heavy atom. The van der Waals surface area contributed by atoms with Crippen molar-refractivity contribution >= 4 is 11.8 Å². The number of carbonyl (C=O) groups excluding carboxylic acids is 2. The molecule has 1 heterocycles. The largest absolute Gasteiger partial charge is 0.350 e. The van der Waals surface area contributed by atoms with Crippen LogP contribution < -0.4 is 5.32 Å². The first-order valence-corrected chi connectivity index (χ1v) is 7.04. The molecule has 1 rings (SSSR count). The molecular weight excluding hydrogens is 242 g/mol. The van der Waals surface area contributed by atoms with Gasteiger partial charge in [0.2, 0.25) is 11.8 Å². The summed E-state index contributed by atoms with van der Waals surface area (Å²) < 4.78 is 0. The standard InChI is InChI=1S/C14H25N3O2/c1-4-12(3)15-13(18)7-6-8-17-10-9-16(5-2)11-14(17)19/h6-7,12H,4-5,8-11H2,1-3H3,(H,15,18)/b7-6+. The van der Waals surface area contributed by atoms with Gasteiger partial charge in [-0.15, -0.1) is 0 Å². The molecule has 5 heteroatoms. The summed E-state index contributed by atoms with van der Waals surface area (Å²) in [6.45, 7) is 9.63. The van der Waals surface area contributed by atoms with Gasteiger partial charge in [-0.2, -0.15) is 0 Å². The predicted molar refractivity (Wildman–Crippen MR) is 75.7 cm³/mol. The number of hydrogen-bond donors (Lipinski definition) is 1. The molecule has 0 aromatic heterocycles. The molecule has 1 aliphatic heterocycles. The summed E-state index contributed by atoms with van der Waals surface area (Å²) in [6, 6.07) is 0.187. The summed E-state index contributed by atoms with van der Waals surface area (Å²) in [7, 11) is 0. The summed E-state index contributed by atoms with van der Waals surface area (Å²) in [4.78, 5) is 27.3. The second-order valence-electron chi connectivity index (χ2n) is 4.93. The summed E-state index contributed by atoms with van der Waals surface area (Å²) in [6.07, 6.45) is 4.19. The molecule has 0 aliphatic carbocycles. The van der Waals surface area contributed by atoms with Crippen molar-refractivity contribution in [3.8, 4) is 0 Å². The zero-order chi connectivity index (χ0) is 14.3. The summed E-state index contributed by atoms with van der Waals surface area (Å²) in [5.74, 6) is 0.0501. The minimum atomic E-state index is -0.0889. The summed E-state index contributed by atoms with van der Waals surface area (Å²) in [5, 5.41) is 2.86. The van der Waals surface area contributed by atoms with E-state index in [9.17, 15) is 9.59 Å². The Balaban J connectivity index is 2.32. The number of nitrogens with zero attached hydrogens (tertiary/aromatic N) is 2. The van der Waals surface area contributed by atoms with E-state index in [1.54, 1.807) is 11.0 Å². The number of hydrogen-bond acceptors (Lipinski definition) is 3. The fourth-order valence-corrected chi connectivity index (χ4v) is 1.90. The van der Waals surface area contributed by atoms with Gasteiger partial charge in [-0.1, -0.05) is 19.9 Å². The number of piperazine rings is 1. The van der Waals surface area contributed by atoms with Gasteiger partial charge in [0.15, 0.2) is 0 Å². The number of likely N-dealkylation sites (N-methyl/N-ethyl adjacent to an activating group) is 1. The molecule has 0 aromatic rings. The normalized spacial score (nSPS) is 18.9. The second kappa shape index (κ2) is 7.94. The van der Waals surface area contributed by atoms with Crippen LogP contribution in [-0.4, -0.2) is 60.4 Å². The fourth-order valence-electron chi connectivity index (χ4n) is 1.90. The number of rotatable bonds is 6. The maximum absolute atomic E-state index is 11.8. The molecule has 1 unspecified atom stereocenters. The van der Waals surface area contributed by atoms with Crippen LogP contribution in [0.5, 0.6) is 0 Å². The molecule has 0 bridgehead atoms. The fraction of sp³-hybridized carbons (Fsp3) is 0.714. The molecular formula is C14H25N3O2. The molecule has 0 saturated carbocycles. The van der Waals surface area contributed by atoms with Crippen molar-refractivity contribution in [1.82, 2.24) is 15.1 Å². The Kier molecular flexibility index (Phi) is 6.56. The van der Waals surface area contributed by atoms with Gasteiger partial charge in [-0.25, -0.2) is 0 Å². The first-order valence-electron chi connectivity index (χ1n) is 7.04. The van der Waals surface area contributed by atoms with Crippen molar-refractivity contribution in [2.24, 2.45) is 0 Å². The zero-order valence-corrected chi connectivity index (χ0v) is 12.2. The Bertz CT molecular complexity index is 342. The lowest BCUT2D eigenvalue weighted by Crippen LogP contribution is -2.50. The topological polar surface area (TPSA) is 52.7 Å². The average Bonchev–Trinajstić information content (AvgIpc) is 2.40. The van der Waals surface area contributed by atoms with Gasteiger partial charge < -0.3 is 10.2 Å². The molecule has 19 heavy (non-hydrogen) atoms. The van der Waals surface area contributed by atoms with E-state index in [1.165, 1.54) is 6.08 Å². The molecule has 1 atom stereocenters. The van der Waals surface area contributed by atoms with Crippen LogP contribution in [0.3, 0.4) is 0 Å². The number of amides is 2. The highest BCUT2D eigenvalue weighted by atomic mass is 16.2. The van der Waals surface area contributed by atoms with E-state index in [0.29, 0.717) is 13.1 Å². The lowest BCUT2D eigenvalue weighted by Gasteiger charge is -2.32. The molecule has 0 aromatic carbocycles. The van der Waals surface area contributed by atoms with Crippen LogP contribution in [0, 0.1) is 0 Å². The van der Waals surface area contributed by atoms with Crippen LogP contribution in [0.1, 0.15) is 27.2 Å². The third-order valence-electron chi connectivity index (χ3n) is 3.44. The Hall–Kier alpha value is -1.36. The number of nitrogens with one attached hydrogen (secondary N) is 1. The van der Waals surface area contributed by atoms with Crippen molar-refractivity contribution in [1.29, 1.82) is 0 Å². The maximum Gasteiger partial charge on any atom is 0.243 e. The van der Waals surface area contributed by atoms with E-state index in [1.807, 2.05) is 13.8 Å². The first kappa shape index (κ1) is 15.7. The van der Waals surface area contributed by atoms with Crippen molar-refractivity contribution < 1.29 is 9.59 Å². The molecule has 1 saturated heterocycles. The lowest BCUT2D eigenvalue weighted by molar-refractivity contribution is -0.135. The summed E-state index contributed by atoms with van der Waals surface area (Å²) in [5.41, 5.74) is 0. The summed E-state index contributed by atoms with van der Waals surface area (Å²) >= 11 is 0. The van der Waals surface area contributed by atoms with Gasteiger partial charge >= 0.3 is 0 Å². The molecule has 2 amide bonds. The van der Waals surface area contributed by atoms with Crippen LogP contribution in [0.4, 0.5) is 0 Å². The second-order valence-corrected chi connectivity index (χ2v) is 4.93. The minimum Gasteiger partial charge on any atom is -0.350 e. The van der Waals surface area contributed by atoms with Gasteiger partial charge in [0, 0.05) is 31.8 Å². The monoisotopic (exact) mass is 267 g/mol. The minimum absolute atomic E-state index is 0.0889. The van der Waals surface area contributed by atoms with Crippen LogP contribution in [0.2, 0.25) is 0 Å². The molecule has 108 valence electrons. The van der Waals surface area contributed by atoms with Gasteiger partial charge in [0.25, 0.3) is 0 Å². The zero-order valence-electron chi connectivity index (χ0n) is 12.2. The Labute approximate surface area is 115 Å². The molecule has 1 N–H and O–H groups in total. The molecule has 1 fully saturated rings. The van der Waals surface area contributed by atoms with Crippen molar-refractivity contribution in [2.75, 3.05) is 32.7 Å². The van der Waals surface area contributed by atoms with Crippen molar-refractivity contribution in [3.05, 3.63) is 12.2 Å². The van der Waals surface area contributed by atoms with E-state index in [-0.39, 0.29) is 17.9 Å². The van der Waals surface area contributed by atoms with Crippen LogP contribution in [-0.2, 0) is 9.59 Å². The highest BCUT2D eigenvalue weighted by Gasteiger charge is 2.21. The van der Waals surface area contributed by atoms with Crippen LogP contribution in [0.15, 0.2) is 12.2 Å². The SMILES string of the molecule is CCC(C)NC(=O)/C=C/CN1CCN(CC)CC1=O. The predicted octanol–water partition coefficient (Wildman–Crippen LogP) is 0.621. The maximum atomic E-state index is 11.8. The molecule has 5 nitrogen and oxygen atoms in total. The molecule has 1 aliphatic rings. The van der Waals surface area contributed by atoms with Crippen molar-refractivity contribution in [3.63, 3.8) is 0 Å². The van der Waals surface area contributed by atoms with E-state index in [0.717, 1.165) is 26.1 Å². The van der Waals surface area contributed by atoms with Gasteiger partial charge in [0.05, 0.1) is 6.54 Å². The van der Waals surface area contributed by atoms with E-state index >= 15 is 0 Å². The molecule has 0 spiro atoms. The smallest absolute Gasteiger partial charge is 0.243 e. The van der Waals surface area contributed by atoms with Gasteiger partial charge in [-0.3, -0.25) is 14.5 Å². The van der Waals surface area contributed by atoms with Gasteiger partial charge in [0.1, 0.15) is 0 Å². The lowest BCUT2D eigenvalue weighted by atomic mass is 10.2. The van der Waals surface area contributed by atoms with E-state index in [4.69, 9.17) is 0 Å². The Morgan fingerprint density at radius 3 is 2.74 bits per heavy atom. The van der Waals surface area contributed by atoms with Crippen molar-refractivity contribution in [2.45, 2.75) is 33.2 Å². The quantitative estimate of drug-likeness (QED) is 0.718. The number of carbonyl (C=O) groups is 2. The van der Waals surface area contributed by atoms with Gasteiger partial charge in [-0.05, 0) is 19.9 Å². The van der Waals surface area contributed by atoms with Crippen LogP contribution >= 0.6 is 0 Å². The highest BCUT2D eigenvalue weighted by Crippen LogP contribution is 2.02. The van der Waals surface area contributed by atoms with Crippen LogP contribution in [0.25, 0.3) is 0 Å². The molecule has 0 radical (unpaired) electrons.